The molecule has 2 amide bonds. The highest BCUT2D eigenvalue weighted by Gasteiger charge is 2.37. The normalized spacial score (nSPS) is 20.0. The van der Waals surface area contributed by atoms with Crippen LogP contribution in [0, 0.1) is 0 Å². The minimum atomic E-state index is -4.62. The van der Waals surface area contributed by atoms with Crippen LogP contribution in [0.3, 0.4) is 0 Å². The van der Waals surface area contributed by atoms with Crippen molar-refractivity contribution in [1.29, 1.82) is 0 Å². The lowest BCUT2D eigenvalue weighted by Crippen LogP contribution is -2.52. The highest BCUT2D eigenvalue weighted by atomic mass is 19.4. The molecule has 3 rings (SSSR count). The molecule has 0 spiro atoms. The Kier molecular flexibility index (Phi) is 6.77. The summed E-state index contributed by atoms with van der Waals surface area (Å²) >= 11 is 0. The number of hydrogen-bond donors (Lipinski definition) is 2. The first-order chi connectivity index (χ1) is 14.3. The van der Waals surface area contributed by atoms with E-state index in [4.69, 9.17) is 5.73 Å². The van der Waals surface area contributed by atoms with E-state index >= 15 is 0 Å². The van der Waals surface area contributed by atoms with Gasteiger partial charge < -0.3 is 16.0 Å². The molecular formula is C22H24F3N3O2. The standard InChI is InChI=1S/C22H24F3N3O2/c23-22(24,25)18-9-5-4-8-17(18)21(30)27-19-14-28(13-11-20(26)29)12-10-16(19)15-6-2-1-3-7-15/h1-9,16,19H,10-14H2,(H2,26,29)(H,27,30)/t16-,19-/m0/s1. The van der Waals surface area contributed by atoms with Crippen LogP contribution in [0.2, 0.25) is 0 Å². The summed E-state index contributed by atoms with van der Waals surface area (Å²) in [6, 6.07) is 13.9. The van der Waals surface area contributed by atoms with Crippen LogP contribution in [0.25, 0.3) is 0 Å². The van der Waals surface area contributed by atoms with Crippen LogP contribution >= 0.6 is 0 Å². The molecule has 0 bridgehead atoms. The summed E-state index contributed by atoms with van der Waals surface area (Å²) in [5, 5.41) is 2.82. The summed E-state index contributed by atoms with van der Waals surface area (Å²) in [5.41, 5.74) is 4.89. The monoisotopic (exact) mass is 419 g/mol. The number of carbonyl (C=O) groups excluding carboxylic acids is 2. The van der Waals surface area contributed by atoms with Gasteiger partial charge in [-0.15, -0.1) is 0 Å². The Hall–Kier alpha value is -2.87. The maximum atomic E-state index is 13.3. The minimum Gasteiger partial charge on any atom is -0.370 e. The molecule has 3 N–H and O–H groups in total. The molecule has 1 aliphatic heterocycles. The van der Waals surface area contributed by atoms with Gasteiger partial charge in [0.15, 0.2) is 0 Å². The van der Waals surface area contributed by atoms with Crippen LogP contribution in [0.1, 0.15) is 40.2 Å². The van der Waals surface area contributed by atoms with Crippen LogP contribution in [0.15, 0.2) is 54.6 Å². The van der Waals surface area contributed by atoms with Crippen molar-refractivity contribution >= 4 is 11.8 Å². The minimum absolute atomic E-state index is 0.0435. The van der Waals surface area contributed by atoms with Crippen molar-refractivity contribution in [1.82, 2.24) is 10.2 Å². The smallest absolute Gasteiger partial charge is 0.370 e. The highest BCUT2D eigenvalue weighted by Crippen LogP contribution is 2.33. The number of nitrogens with one attached hydrogen (secondary N) is 1. The summed E-state index contributed by atoms with van der Waals surface area (Å²) in [6.45, 7) is 1.58. The first-order valence-corrected chi connectivity index (χ1v) is 9.78. The van der Waals surface area contributed by atoms with E-state index < -0.39 is 35.2 Å². The zero-order chi connectivity index (χ0) is 21.7. The van der Waals surface area contributed by atoms with Crippen molar-refractivity contribution in [2.45, 2.75) is 31.0 Å². The Morgan fingerprint density at radius 2 is 1.73 bits per heavy atom. The van der Waals surface area contributed by atoms with Gasteiger partial charge in [-0.1, -0.05) is 42.5 Å². The number of hydrogen-bond acceptors (Lipinski definition) is 3. The highest BCUT2D eigenvalue weighted by molar-refractivity contribution is 5.96. The Bertz CT molecular complexity index is 887. The Labute approximate surface area is 173 Å². The van der Waals surface area contributed by atoms with Gasteiger partial charge in [-0.05, 0) is 30.7 Å². The SMILES string of the molecule is NC(=O)CCN1CC[C@@H](c2ccccc2)[C@@H](NC(=O)c2ccccc2C(F)(F)F)C1. The fraction of sp³-hybridized carbons (Fsp3) is 0.364. The molecule has 30 heavy (non-hydrogen) atoms. The van der Waals surface area contributed by atoms with Crippen LogP contribution in [-0.4, -0.2) is 42.4 Å². The van der Waals surface area contributed by atoms with Crippen molar-refractivity contribution in [2.75, 3.05) is 19.6 Å². The number of benzene rings is 2. The zero-order valence-corrected chi connectivity index (χ0v) is 16.4. The summed E-state index contributed by atoms with van der Waals surface area (Å²) in [7, 11) is 0. The third-order valence-corrected chi connectivity index (χ3v) is 5.39. The molecule has 160 valence electrons. The second kappa shape index (κ2) is 9.30. The van der Waals surface area contributed by atoms with E-state index in [1.54, 1.807) is 0 Å². The molecule has 1 heterocycles. The first-order valence-electron chi connectivity index (χ1n) is 9.78. The van der Waals surface area contributed by atoms with Crippen LogP contribution < -0.4 is 11.1 Å². The van der Waals surface area contributed by atoms with Crippen LogP contribution in [-0.2, 0) is 11.0 Å². The van der Waals surface area contributed by atoms with E-state index in [0.29, 0.717) is 26.1 Å². The number of piperidine rings is 1. The Balaban J connectivity index is 1.83. The summed E-state index contributed by atoms with van der Waals surface area (Å²) < 4.78 is 40.0. The maximum Gasteiger partial charge on any atom is 0.417 e. The number of likely N-dealkylation sites (tertiary alicyclic amines) is 1. The Morgan fingerprint density at radius 1 is 1.07 bits per heavy atom. The molecule has 0 unspecified atom stereocenters. The second-order valence-corrected chi connectivity index (χ2v) is 7.45. The van der Waals surface area contributed by atoms with E-state index in [9.17, 15) is 22.8 Å². The van der Waals surface area contributed by atoms with Gasteiger partial charge in [-0.25, -0.2) is 0 Å². The van der Waals surface area contributed by atoms with Crippen molar-refractivity contribution in [3.8, 4) is 0 Å². The molecule has 2 aromatic rings. The quantitative estimate of drug-likeness (QED) is 0.755. The third kappa shape index (κ3) is 5.38. The lowest BCUT2D eigenvalue weighted by atomic mass is 9.85. The van der Waals surface area contributed by atoms with Gasteiger partial charge in [0.25, 0.3) is 5.91 Å². The van der Waals surface area contributed by atoms with E-state index in [2.05, 4.69) is 5.32 Å². The second-order valence-electron chi connectivity index (χ2n) is 7.45. The third-order valence-electron chi connectivity index (χ3n) is 5.39. The van der Waals surface area contributed by atoms with Crippen molar-refractivity contribution in [2.24, 2.45) is 5.73 Å². The molecule has 1 fully saturated rings. The Morgan fingerprint density at radius 3 is 2.40 bits per heavy atom. The molecule has 1 saturated heterocycles. The van der Waals surface area contributed by atoms with E-state index in [1.165, 1.54) is 18.2 Å². The number of nitrogens with two attached hydrogens (primary N) is 1. The number of halogens is 3. The van der Waals surface area contributed by atoms with Gasteiger partial charge in [0.05, 0.1) is 11.1 Å². The van der Waals surface area contributed by atoms with Gasteiger partial charge in [-0.2, -0.15) is 13.2 Å². The van der Waals surface area contributed by atoms with Crippen molar-refractivity contribution in [3.05, 3.63) is 71.3 Å². The van der Waals surface area contributed by atoms with Crippen molar-refractivity contribution < 1.29 is 22.8 Å². The molecule has 2 atom stereocenters. The molecule has 0 aliphatic carbocycles. The number of nitrogens with zero attached hydrogens (tertiary/aromatic N) is 1. The zero-order valence-electron chi connectivity index (χ0n) is 16.4. The number of carbonyl (C=O) groups is 2. The number of amides is 2. The molecule has 0 radical (unpaired) electrons. The number of rotatable bonds is 6. The van der Waals surface area contributed by atoms with Gasteiger partial charge in [0, 0.05) is 31.5 Å². The van der Waals surface area contributed by atoms with E-state index in [-0.39, 0.29) is 12.3 Å². The molecular weight excluding hydrogens is 395 g/mol. The van der Waals surface area contributed by atoms with Gasteiger partial charge in [0.2, 0.25) is 5.91 Å². The predicted molar refractivity (Wildman–Crippen MR) is 107 cm³/mol. The average molecular weight is 419 g/mol. The number of primary amides is 1. The summed E-state index contributed by atoms with van der Waals surface area (Å²) in [4.78, 5) is 26.0. The van der Waals surface area contributed by atoms with Gasteiger partial charge in [0.1, 0.15) is 0 Å². The predicted octanol–water partition coefficient (Wildman–Crippen LogP) is 3.17. The van der Waals surface area contributed by atoms with Gasteiger partial charge in [-0.3, -0.25) is 9.59 Å². The fourth-order valence-corrected chi connectivity index (χ4v) is 3.91. The van der Waals surface area contributed by atoms with Crippen LogP contribution in [0.5, 0.6) is 0 Å². The lowest BCUT2D eigenvalue weighted by Gasteiger charge is -2.39. The lowest BCUT2D eigenvalue weighted by molar-refractivity contribution is -0.138. The first kappa shape index (κ1) is 21.8. The largest absolute Gasteiger partial charge is 0.417 e. The summed E-state index contributed by atoms with van der Waals surface area (Å²) in [6.07, 6.45) is -3.73. The fourth-order valence-electron chi connectivity index (χ4n) is 3.91. The average Bonchev–Trinajstić information content (AvgIpc) is 2.72. The molecule has 8 heteroatoms. The molecule has 5 nitrogen and oxygen atoms in total. The van der Waals surface area contributed by atoms with Gasteiger partial charge >= 0.3 is 6.18 Å². The molecule has 2 aromatic carbocycles. The van der Waals surface area contributed by atoms with E-state index in [1.807, 2.05) is 35.2 Å². The van der Waals surface area contributed by atoms with Crippen LogP contribution in [0.4, 0.5) is 13.2 Å². The van der Waals surface area contributed by atoms with E-state index in [0.717, 1.165) is 11.6 Å². The summed E-state index contributed by atoms with van der Waals surface area (Å²) in [5.74, 6) is -1.22. The number of alkyl halides is 3. The molecule has 1 aliphatic rings. The maximum absolute atomic E-state index is 13.3. The molecule has 0 aromatic heterocycles. The van der Waals surface area contributed by atoms with Crippen molar-refractivity contribution in [3.63, 3.8) is 0 Å². The topological polar surface area (TPSA) is 75.4 Å². The molecule has 0 saturated carbocycles.